The van der Waals surface area contributed by atoms with Crippen LogP contribution in [0.4, 0.5) is 0 Å². The Morgan fingerprint density at radius 3 is 2.93 bits per heavy atom. The Kier molecular flexibility index (Phi) is 2.99. The molecule has 1 fully saturated rings. The molecule has 1 heterocycles. The summed E-state index contributed by atoms with van der Waals surface area (Å²) < 4.78 is 25.7. The van der Waals surface area contributed by atoms with E-state index in [1.165, 1.54) is 12.4 Å². The Morgan fingerprint density at radius 2 is 2.40 bits per heavy atom. The fourth-order valence-corrected chi connectivity index (χ4v) is 2.67. The number of hydrogen-bond donors (Lipinski definition) is 2. The van der Waals surface area contributed by atoms with Crippen molar-refractivity contribution >= 4 is 21.6 Å². The highest BCUT2D eigenvalue weighted by Gasteiger charge is 2.30. The molecule has 1 aliphatic carbocycles. The second-order valence-electron chi connectivity index (χ2n) is 3.64. The third-order valence-corrected chi connectivity index (χ3v) is 4.29. The molecule has 1 saturated carbocycles. The van der Waals surface area contributed by atoms with Gasteiger partial charge in [0, 0.05) is 18.1 Å². The van der Waals surface area contributed by atoms with Crippen molar-refractivity contribution in [3.8, 4) is 0 Å². The number of nitrogens with one attached hydrogen (secondary N) is 2. The number of aromatic nitrogens is 2. The van der Waals surface area contributed by atoms with Crippen LogP contribution in [0.3, 0.4) is 0 Å². The Morgan fingerprint density at radius 1 is 1.67 bits per heavy atom. The van der Waals surface area contributed by atoms with E-state index < -0.39 is 10.0 Å². The van der Waals surface area contributed by atoms with Crippen LogP contribution in [0.25, 0.3) is 0 Å². The highest BCUT2D eigenvalue weighted by atomic mass is 35.5. The third kappa shape index (κ3) is 2.70. The zero-order valence-corrected chi connectivity index (χ0v) is 9.55. The summed E-state index contributed by atoms with van der Waals surface area (Å²) in [6, 6.07) is 0. The predicted molar refractivity (Wildman–Crippen MR) is 56.1 cm³/mol. The minimum absolute atomic E-state index is 0.105. The van der Waals surface area contributed by atoms with Gasteiger partial charge >= 0.3 is 0 Å². The molecule has 2 rings (SSSR count). The van der Waals surface area contributed by atoms with Gasteiger partial charge in [-0.05, 0) is 18.8 Å². The van der Waals surface area contributed by atoms with Crippen LogP contribution < -0.4 is 4.72 Å². The maximum atomic E-state index is 11.6. The van der Waals surface area contributed by atoms with Gasteiger partial charge in [-0.2, -0.15) is 5.10 Å². The second-order valence-corrected chi connectivity index (χ2v) is 5.97. The average molecular weight is 250 g/mol. The summed E-state index contributed by atoms with van der Waals surface area (Å²) in [7, 11) is -3.45. The van der Waals surface area contributed by atoms with Gasteiger partial charge in [0.05, 0.1) is 6.20 Å². The van der Waals surface area contributed by atoms with E-state index in [0.29, 0.717) is 5.92 Å². The minimum atomic E-state index is -3.45. The quantitative estimate of drug-likeness (QED) is 0.755. The van der Waals surface area contributed by atoms with Gasteiger partial charge in [0.1, 0.15) is 4.90 Å². The summed E-state index contributed by atoms with van der Waals surface area (Å²) in [5.41, 5.74) is 0. The van der Waals surface area contributed by atoms with Crippen LogP contribution in [0.1, 0.15) is 12.8 Å². The predicted octanol–water partition coefficient (Wildman–Crippen LogP) is 0.705. The van der Waals surface area contributed by atoms with E-state index in [1.807, 2.05) is 0 Å². The summed E-state index contributed by atoms with van der Waals surface area (Å²) >= 11 is 6.00. The molecule has 0 saturated heterocycles. The lowest BCUT2D eigenvalue weighted by molar-refractivity contribution is 0.576. The zero-order valence-electron chi connectivity index (χ0n) is 7.98. The number of alkyl halides is 1. The van der Waals surface area contributed by atoms with Crippen LogP contribution >= 0.6 is 11.6 Å². The van der Waals surface area contributed by atoms with Crippen LogP contribution in [0, 0.1) is 5.92 Å². The monoisotopic (exact) mass is 249 g/mol. The molecule has 2 N–H and O–H groups in total. The Bertz CT molecular complexity index is 413. The maximum absolute atomic E-state index is 11.6. The van der Waals surface area contributed by atoms with Gasteiger partial charge in [0.2, 0.25) is 10.0 Å². The molecule has 0 bridgehead atoms. The Balaban J connectivity index is 1.93. The number of halogens is 1. The summed E-state index contributed by atoms with van der Waals surface area (Å²) in [6.07, 6.45) is 4.80. The average Bonchev–Trinajstić information content (AvgIpc) is 2.89. The molecule has 0 radical (unpaired) electrons. The molecule has 1 aromatic rings. The van der Waals surface area contributed by atoms with Gasteiger partial charge in [-0.25, -0.2) is 13.1 Å². The SMILES string of the molecule is O=S(=O)(NCC(Cl)C1CC1)c1cn[nH]c1. The molecule has 0 aliphatic heterocycles. The summed E-state index contributed by atoms with van der Waals surface area (Å²) in [5, 5.41) is 5.94. The maximum Gasteiger partial charge on any atom is 0.243 e. The minimum Gasteiger partial charge on any atom is -0.284 e. The molecule has 5 nitrogen and oxygen atoms in total. The van der Waals surface area contributed by atoms with Crippen molar-refractivity contribution in [3.63, 3.8) is 0 Å². The topological polar surface area (TPSA) is 74.8 Å². The van der Waals surface area contributed by atoms with Crippen LogP contribution in [0.5, 0.6) is 0 Å². The summed E-state index contributed by atoms with van der Waals surface area (Å²) in [6.45, 7) is 0.278. The zero-order chi connectivity index (χ0) is 10.9. The van der Waals surface area contributed by atoms with Crippen LogP contribution in [-0.4, -0.2) is 30.5 Å². The van der Waals surface area contributed by atoms with Crippen molar-refractivity contribution in [1.29, 1.82) is 0 Å². The third-order valence-electron chi connectivity index (χ3n) is 2.39. The lowest BCUT2D eigenvalue weighted by atomic mass is 10.3. The largest absolute Gasteiger partial charge is 0.284 e. The van der Waals surface area contributed by atoms with E-state index in [1.54, 1.807) is 0 Å². The van der Waals surface area contributed by atoms with Crippen molar-refractivity contribution in [1.82, 2.24) is 14.9 Å². The first-order valence-corrected chi connectivity index (χ1v) is 6.64. The molecular formula is C8H12ClN3O2S. The normalized spacial score (nSPS) is 19.0. The molecular weight excluding hydrogens is 238 g/mol. The first-order chi connectivity index (χ1) is 7.09. The van der Waals surface area contributed by atoms with Gasteiger partial charge in [-0.15, -0.1) is 11.6 Å². The van der Waals surface area contributed by atoms with Gasteiger partial charge in [-0.3, -0.25) is 5.10 Å². The van der Waals surface area contributed by atoms with E-state index in [2.05, 4.69) is 14.9 Å². The Hall–Kier alpha value is -0.590. The highest BCUT2D eigenvalue weighted by molar-refractivity contribution is 7.89. The standard InChI is InChI=1S/C8H12ClN3O2S/c9-8(6-1-2-6)5-12-15(13,14)7-3-10-11-4-7/h3-4,6,8,12H,1-2,5H2,(H,10,11). The fraction of sp³-hybridized carbons (Fsp3) is 0.625. The lowest BCUT2D eigenvalue weighted by Crippen LogP contribution is -2.30. The number of aromatic amines is 1. The van der Waals surface area contributed by atoms with Crippen LogP contribution in [-0.2, 0) is 10.0 Å². The molecule has 7 heteroatoms. The first-order valence-electron chi connectivity index (χ1n) is 4.72. The molecule has 15 heavy (non-hydrogen) atoms. The number of rotatable bonds is 5. The number of H-pyrrole nitrogens is 1. The summed E-state index contributed by atoms with van der Waals surface area (Å²) in [5.74, 6) is 0.471. The Labute approximate surface area is 93.3 Å². The smallest absolute Gasteiger partial charge is 0.243 e. The van der Waals surface area contributed by atoms with Crippen molar-refractivity contribution < 1.29 is 8.42 Å². The van der Waals surface area contributed by atoms with Crippen molar-refractivity contribution in [3.05, 3.63) is 12.4 Å². The van der Waals surface area contributed by atoms with Gasteiger partial charge in [-0.1, -0.05) is 0 Å². The van der Waals surface area contributed by atoms with E-state index in [4.69, 9.17) is 11.6 Å². The van der Waals surface area contributed by atoms with Gasteiger partial charge < -0.3 is 0 Å². The number of hydrogen-bond acceptors (Lipinski definition) is 3. The van der Waals surface area contributed by atoms with E-state index in [-0.39, 0.29) is 16.8 Å². The molecule has 1 atom stereocenters. The van der Waals surface area contributed by atoms with Gasteiger partial charge in [0.15, 0.2) is 0 Å². The summed E-state index contributed by atoms with van der Waals surface area (Å²) in [4.78, 5) is 0.141. The molecule has 84 valence electrons. The molecule has 1 aromatic heterocycles. The van der Waals surface area contributed by atoms with Crippen LogP contribution in [0.15, 0.2) is 17.3 Å². The molecule has 0 amide bonds. The van der Waals surface area contributed by atoms with E-state index in [0.717, 1.165) is 12.8 Å². The molecule has 0 aromatic carbocycles. The number of sulfonamides is 1. The van der Waals surface area contributed by atoms with Crippen molar-refractivity contribution in [2.45, 2.75) is 23.1 Å². The number of nitrogens with zero attached hydrogens (tertiary/aromatic N) is 1. The van der Waals surface area contributed by atoms with Crippen molar-refractivity contribution in [2.24, 2.45) is 5.92 Å². The molecule has 1 unspecified atom stereocenters. The van der Waals surface area contributed by atoms with E-state index >= 15 is 0 Å². The second kappa shape index (κ2) is 4.11. The fourth-order valence-electron chi connectivity index (χ4n) is 1.28. The van der Waals surface area contributed by atoms with Gasteiger partial charge in [0.25, 0.3) is 0 Å². The van der Waals surface area contributed by atoms with Crippen molar-refractivity contribution in [2.75, 3.05) is 6.54 Å². The molecule has 1 aliphatic rings. The first kappa shape index (κ1) is 10.9. The highest BCUT2D eigenvalue weighted by Crippen LogP contribution is 2.35. The lowest BCUT2D eigenvalue weighted by Gasteiger charge is -2.08. The molecule has 0 spiro atoms. The van der Waals surface area contributed by atoms with Crippen LogP contribution in [0.2, 0.25) is 0 Å². The van der Waals surface area contributed by atoms with E-state index in [9.17, 15) is 8.42 Å².